The Kier molecular flexibility index (Phi) is 4.91. The van der Waals surface area contributed by atoms with Crippen molar-refractivity contribution in [2.75, 3.05) is 13.2 Å². The highest BCUT2D eigenvalue weighted by molar-refractivity contribution is 7.07. The minimum Gasteiger partial charge on any atom is -0.492 e. The van der Waals surface area contributed by atoms with Gasteiger partial charge in [0.25, 0.3) is 0 Å². The zero-order valence-corrected chi connectivity index (χ0v) is 15.2. The van der Waals surface area contributed by atoms with Gasteiger partial charge < -0.3 is 15.4 Å². The van der Waals surface area contributed by atoms with E-state index < -0.39 is 5.41 Å². The van der Waals surface area contributed by atoms with Crippen LogP contribution in [-0.2, 0) is 11.2 Å². The average Bonchev–Trinajstić information content (AvgIpc) is 3.38. The first-order valence-electron chi connectivity index (χ1n) is 8.95. The fraction of sp³-hybridized carbons (Fsp3) is 0.474. The molecule has 0 radical (unpaired) electrons. The Morgan fingerprint density at radius 2 is 2.23 bits per heavy atom. The smallest absolute Gasteiger partial charge is 0.228 e. The van der Waals surface area contributed by atoms with E-state index in [9.17, 15) is 9.18 Å². The number of hydrogen-bond acceptors (Lipinski definition) is 5. The second-order valence-electron chi connectivity index (χ2n) is 7.07. The number of fused-ring (bicyclic) bond motifs is 2. The number of amides is 1. The summed E-state index contributed by atoms with van der Waals surface area (Å²) in [4.78, 5) is 17.4. The molecule has 3 heterocycles. The van der Waals surface area contributed by atoms with Crippen LogP contribution in [0.2, 0.25) is 0 Å². The summed E-state index contributed by atoms with van der Waals surface area (Å²) in [6, 6.07) is 6.53. The molecule has 2 bridgehead atoms. The summed E-state index contributed by atoms with van der Waals surface area (Å²) in [5.41, 5.74) is 2.38. The van der Waals surface area contributed by atoms with E-state index in [1.165, 1.54) is 12.1 Å². The van der Waals surface area contributed by atoms with Gasteiger partial charge in [-0.15, -0.1) is 11.3 Å². The van der Waals surface area contributed by atoms with Crippen molar-refractivity contribution in [2.24, 2.45) is 5.41 Å². The molecule has 1 aromatic heterocycles. The van der Waals surface area contributed by atoms with E-state index in [1.54, 1.807) is 23.5 Å². The molecular weight excluding hydrogens is 353 g/mol. The summed E-state index contributed by atoms with van der Waals surface area (Å²) < 4.78 is 18.5. The van der Waals surface area contributed by atoms with E-state index in [0.717, 1.165) is 25.0 Å². The van der Waals surface area contributed by atoms with Gasteiger partial charge >= 0.3 is 0 Å². The molecule has 26 heavy (non-hydrogen) atoms. The largest absolute Gasteiger partial charge is 0.492 e. The van der Waals surface area contributed by atoms with Crippen LogP contribution in [0.15, 0.2) is 35.2 Å². The van der Waals surface area contributed by atoms with Gasteiger partial charge in [0.05, 0.1) is 23.2 Å². The molecule has 5 nitrogen and oxygen atoms in total. The van der Waals surface area contributed by atoms with Gasteiger partial charge in [0.1, 0.15) is 18.2 Å². The normalized spacial score (nSPS) is 26.8. The Morgan fingerprint density at radius 1 is 1.38 bits per heavy atom. The third-order valence-corrected chi connectivity index (χ3v) is 6.06. The summed E-state index contributed by atoms with van der Waals surface area (Å²) in [5, 5.41) is 8.65. The second kappa shape index (κ2) is 7.32. The van der Waals surface area contributed by atoms with Crippen molar-refractivity contribution in [2.45, 2.75) is 37.8 Å². The Bertz CT molecular complexity index is 753. The monoisotopic (exact) mass is 375 g/mol. The maximum absolute atomic E-state index is 13.1. The van der Waals surface area contributed by atoms with Crippen LogP contribution in [0.25, 0.3) is 0 Å². The first-order chi connectivity index (χ1) is 12.7. The molecule has 2 fully saturated rings. The molecule has 0 saturated carbocycles. The minimum absolute atomic E-state index is 0.0768. The number of halogens is 1. The molecule has 2 aliphatic rings. The van der Waals surface area contributed by atoms with Crippen LogP contribution in [0, 0.1) is 11.2 Å². The average molecular weight is 375 g/mol. The summed E-state index contributed by atoms with van der Waals surface area (Å²) >= 11 is 1.56. The van der Waals surface area contributed by atoms with Crippen LogP contribution in [0.5, 0.6) is 5.75 Å². The Balaban J connectivity index is 1.35. The van der Waals surface area contributed by atoms with Crippen molar-refractivity contribution >= 4 is 17.2 Å². The number of carbonyl (C=O) groups excluding carboxylic acids is 1. The lowest BCUT2D eigenvalue weighted by Crippen LogP contribution is -2.50. The molecule has 138 valence electrons. The molecule has 2 aromatic rings. The number of rotatable bonds is 7. The van der Waals surface area contributed by atoms with Gasteiger partial charge in [-0.05, 0) is 43.5 Å². The van der Waals surface area contributed by atoms with Gasteiger partial charge in [-0.25, -0.2) is 9.37 Å². The fourth-order valence-corrected chi connectivity index (χ4v) is 4.77. The predicted octanol–water partition coefficient (Wildman–Crippen LogP) is 2.53. The first-order valence-corrected chi connectivity index (χ1v) is 9.90. The Morgan fingerprint density at radius 3 is 2.88 bits per heavy atom. The van der Waals surface area contributed by atoms with Crippen molar-refractivity contribution in [3.63, 3.8) is 0 Å². The molecule has 2 saturated heterocycles. The zero-order valence-electron chi connectivity index (χ0n) is 14.4. The van der Waals surface area contributed by atoms with Gasteiger partial charge in [0.15, 0.2) is 0 Å². The quantitative estimate of drug-likeness (QED) is 0.730. The van der Waals surface area contributed by atoms with E-state index in [0.29, 0.717) is 31.4 Å². The Hall–Kier alpha value is -1.99. The standard InChI is InChI=1S/C19H22FN3O2S/c20-13-1-4-16(5-2-13)25-8-7-21-18(24)19(10-15-11-26-12-22-15)9-14-3-6-17(19)23-14/h1-2,4-5,11-12,14,17,23H,3,6-10H2,(H,21,24)/t14-,17+,19-/m0/s1. The van der Waals surface area contributed by atoms with Gasteiger partial charge in [0, 0.05) is 23.9 Å². The minimum atomic E-state index is -0.424. The summed E-state index contributed by atoms with van der Waals surface area (Å²) in [7, 11) is 0. The highest BCUT2D eigenvalue weighted by atomic mass is 32.1. The molecule has 2 N–H and O–H groups in total. The van der Waals surface area contributed by atoms with Gasteiger partial charge in [-0.1, -0.05) is 0 Å². The van der Waals surface area contributed by atoms with Crippen molar-refractivity contribution in [3.8, 4) is 5.75 Å². The lowest BCUT2D eigenvalue weighted by molar-refractivity contribution is -0.132. The lowest BCUT2D eigenvalue weighted by atomic mass is 9.70. The topological polar surface area (TPSA) is 63.2 Å². The first kappa shape index (κ1) is 17.4. The number of carbonyl (C=O) groups is 1. The molecule has 3 atom stereocenters. The van der Waals surface area contributed by atoms with Crippen LogP contribution in [-0.4, -0.2) is 36.1 Å². The van der Waals surface area contributed by atoms with Crippen LogP contribution in [0.3, 0.4) is 0 Å². The molecule has 2 aliphatic heterocycles. The third kappa shape index (κ3) is 3.46. The number of benzene rings is 1. The van der Waals surface area contributed by atoms with Gasteiger partial charge in [-0.2, -0.15) is 0 Å². The number of aromatic nitrogens is 1. The Labute approximate surface area is 156 Å². The van der Waals surface area contributed by atoms with Crippen LogP contribution in [0.4, 0.5) is 4.39 Å². The molecule has 4 rings (SSSR count). The van der Waals surface area contributed by atoms with E-state index in [2.05, 4.69) is 15.6 Å². The maximum atomic E-state index is 13.1. The zero-order chi connectivity index (χ0) is 18.0. The fourth-order valence-electron chi connectivity index (χ4n) is 4.21. The van der Waals surface area contributed by atoms with Gasteiger partial charge in [0.2, 0.25) is 5.91 Å². The number of thiazole rings is 1. The second-order valence-corrected chi connectivity index (χ2v) is 7.79. The molecule has 0 spiro atoms. The van der Waals surface area contributed by atoms with E-state index >= 15 is 0 Å². The van der Waals surface area contributed by atoms with E-state index in [4.69, 9.17) is 4.74 Å². The number of nitrogens with zero attached hydrogens (tertiary/aromatic N) is 1. The van der Waals surface area contributed by atoms with Crippen molar-refractivity contribution in [1.82, 2.24) is 15.6 Å². The van der Waals surface area contributed by atoms with E-state index in [-0.39, 0.29) is 17.8 Å². The van der Waals surface area contributed by atoms with Crippen LogP contribution >= 0.6 is 11.3 Å². The molecule has 7 heteroatoms. The molecule has 0 aliphatic carbocycles. The lowest BCUT2D eigenvalue weighted by Gasteiger charge is -2.34. The third-order valence-electron chi connectivity index (χ3n) is 5.42. The van der Waals surface area contributed by atoms with Crippen LogP contribution < -0.4 is 15.4 Å². The predicted molar refractivity (Wildman–Crippen MR) is 97.7 cm³/mol. The van der Waals surface area contributed by atoms with Gasteiger partial charge in [-0.3, -0.25) is 4.79 Å². The number of hydrogen-bond donors (Lipinski definition) is 2. The number of ether oxygens (including phenoxy) is 1. The van der Waals surface area contributed by atoms with Crippen molar-refractivity contribution < 1.29 is 13.9 Å². The summed E-state index contributed by atoms with van der Waals surface area (Å²) in [6.45, 7) is 0.776. The van der Waals surface area contributed by atoms with Crippen LogP contribution in [0.1, 0.15) is 25.0 Å². The van der Waals surface area contributed by atoms with Crippen molar-refractivity contribution in [3.05, 3.63) is 46.7 Å². The molecular formula is C19H22FN3O2S. The van der Waals surface area contributed by atoms with Crippen molar-refractivity contribution in [1.29, 1.82) is 0 Å². The summed E-state index contributed by atoms with van der Waals surface area (Å²) in [6.07, 6.45) is 3.72. The molecule has 0 unspecified atom stereocenters. The number of nitrogens with one attached hydrogen (secondary N) is 2. The highest BCUT2D eigenvalue weighted by Gasteiger charge is 2.55. The van der Waals surface area contributed by atoms with E-state index in [1.807, 2.05) is 10.9 Å². The SMILES string of the molecule is O=C(NCCOc1ccc(F)cc1)[C@]1(Cc2cscn2)C[C@@H]2CC[C@H]1N2. The molecule has 1 aromatic carbocycles. The highest BCUT2D eigenvalue weighted by Crippen LogP contribution is 2.45. The summed E-state index contributed by atoms with van der Waals surface area (Å²) in [5.74, 6) is 0.380. The maximum Gasteiger partial charge on any atom is 0.228 e. The molecule has 1 amide bonds.